The van der Waals surface area contributed by atoms with Crippen LogP contribution in [0.25, 0.3) is 0 Å². The lowest BCUT2D eigenvalue weighted by Crippen LogP contribution is -2.21. The number of rotatable bonds is 2. The van der Waals surface area contributed by atoms with Gasteiger partial charge in [-0.15, -0.1) is 0 Å². The molecule has 0 unspecified atom stereocenters. The molecule has 1 aromatic carbocycles. The summed E-state index contributed by atoms with van der Waals surface area (Å²) >= 11 is 5.16. The molecule has 0 bridgehead atoms. The molecular formula is C10H13NOS. The first-order valence-electron chi connectivity index (χ1n) is 4.07. The Labute approximate surface area is 83.8 Å². The van der Waals surface area contributed by atoms with E-state index in [2.05, 4.69) is 0 Å². The van der Waals surface area contributed by atoms with Crippen molar-refractivity contribution in [1.29, 1.82) is 0 Å². The highest BCUT2D eigenvalue weighted by Crippen LogP contribution is 2.10. The Morgan fingerprint density at radius 2 is 1.85 bits per heavy atom. The molecule has 0 heterocycles. The van der Waals surface area contributed by atoms with Crippen LogP contribution in [-0.2, 0) is 6.42 Å². The van der Waals surface area contributed by atoms with Crippen LogP contribution in [0.5, 0.6) is 5.75 Å². The number of thiocarbonyl (C=S) groups is 1. The SMILES string of the molecule is CN(C)C(=S)Cc1ccc(O)cc1. The van der Waals surface area contributed by atoms with Gasteiger partial charge in [0.25, 0.3) is 0 Å². The van der Waals surface area contributed by atoms with Crippen LogP contribution >= 0.6 is 12.2 Å². The van der Waals surface area contributed by atoms with Crippen LogP contribution in [-0.4, -0.2) is 29.1 Å². The summed E-state index contributed by atoms with van der Waals surface area (Å²) in [4.78, 5) is 2.81. The quantitative estimate of drug-likeness (QED) is 0.728. The van der Waals surface area contributed by atoms with Crippen molar-refractivity contribution in [1.82, 2.24) is 4.90 Å². The third kappa shape index (κ3) is 3.03. The predicted molar refractivity (Wildman–Crippen MR) is 58.1 cm³/mol. The molecule has 0 amide bonds. The third-order valence-electron chi connectivity index (χ3n) is 1.79. The van der Waals surface area contributed by atoms with Gasteiger partial charge in [-0.3, -0.25) is 0 Å². The molecule has 0 saturated heterocycles. The molecule has 1 aromatic rings. The number of phenols is 1. The lowest BCUT2D eigenvalue weighted by Gasteiger charge is -2.13. The minimum absolute atomic E-state index is 0.291. The Bertz CT molecular complexity index is 292. The van der Waals surface area contributed by atoms with Crippen molar-refractivity contribution in [3.05, 3.63) is 29.8 Å². The van der Waals surface area contributed by atoms with E-state index in [0.29, 0.717) is 5.75 Å². The normalized spacial score (nSPS) is 9.69. The monoisotopic (exact) mass is 195 g/mol. The molecule has 0 radical (unpaired) electrons. The maximum Gasteiger partial charge on any atom is 0.115 e. The lowest BCUT2D eigenvalue weighted by molar-refractivity contribution is 0.475. The third-order valence-corrected chi connectivity index (χ3v) is 2.30. The summed E-state index contributed by atoms with van der Waals surface area (Å²) < 4.78 is 0. The summed E-state index contributed by atoms with van der Waals surface area (Å²) in [7, 11) is 3.87. The van der Waals surface area contributed by atoms with Crippen LogP contribution in [0.2, 0.25) is 0 Å². The van der Waals surface area contributed by atoms with Gasteiger partial charge >= 0.3 is 0 Å². The summed E-state index contributed by atoms with van der Waals surface area (Å²) in [6.45, 7) is 0. The molecule has 0 saturated carbocycles. The summed E-state index contributed by atoms with van der Waals surface area (Å²) in [6, 6.07) is 7.11. The van der Waals surface area contributed by atoms with Crippen LogP contribution < -0.4 is 0 Å². The predicted octanol–water partition coefficient (Wildman–Crippen LogP) is 1.82. The van der Waals surface area contributed by atoms with Crippen LogP contribution in [0.1, 0.15) is 5.56 Å². The maximum absolute atomic E-state index is 9.06. The molecule has 0 aliphatic carbocycles. The van der Waals surface area contributed by atoms with E-state index in [-0.39, 0.29) is 0 Å². The van der Waals surface area contributed by atoms with Gasteiger partial charge in [0.2, 0.25) is 0 Å². The number of nitrogens with zero attached hydrogens (tertiary/aromatic N) is 1. The topological polar surface area (TPSA) is 23.5 Å². The number of hydrogen-bond donors (Lipinski definition) is 1. The fourth-order valence-corrected chi connectivity index (χ4v) is 1.11. The standard InChI is InChI=1S/C10H13NOS/c1-11(2)10(13)7-8-3-5-9(12)6-4-8/h3-6,12H,7H2,1-2H3. The van der Waals surface area contributed by atoms with E-state index in [1.54, 1.807) is 12.1 Å². The van der Waals surface area contributed by atoms with E-state index in [1.807, 2.05) is 31.1 Å². The van der Waals surface area contributed by atoms with E-state index >= 15 is 0 Å². The molecule has 13 heavy (non-hydrogen) atoms. The van der Waals surface area contributed by atoms with Crippen molar-refractivity contribution in [2.75, 3.05) is 14.1 Å². The summed E-state index contributed by atoms with van der Waals surface area (Å²) in [6.07, 6.45) is 0.753. The van der Waals surface area contributed by atoms with Gasteiger partial charge in [-0.25, -0.2) is 0 Å². The summed E-state index contributed by atoms with van der Waals surface area (Å²) in [5, 5.41) is 9.06. The Morgan fingerprint density at radius 3 is 2.31 bits per heavy atom. The Hall–Kier alpha value is -1.09. The number of aromatic hydroxyl groups is 1. The molecule has 0 atom stereocenters. The Morgan fingerprint density at radius 1 is 1.31 bits per heavy atom. The highest BCUT2D eigenvalue weighted by molar-refractivity contribution is 7.80. The number of benzene rings is 1. The van der Waals surface area contributed by atoms with Gasteiger partial charge in [0, 0.05) is 20.5 Å². The van der Waals surface area contributed by atoms with Crippen LogP contribution in [0, 0.1) is 0 Å². The average Bonchev–Trinajstić information content (AvgIpc) is 2.08. The largest absolute Gasteiger partial charge is 0.508 e. The first-order valence-corrected chi connectivity index (χ1v) is 4.48. The van der Waals surface area contributed by atoms with E-state index in [0.717, 1.165) is 17.0 Å². The highest BCUT2D eigenvalue weighted by Gasteiger charge is 2.00. The van der Waals surface area contributed by atoms with Gasteiger partial charge in [0.05, 0.1) is 4.99 Å². The summed E-state index contributed by atoms with van der Waals surface area (Å²) in [5.41, 5.74) is 1.12. The molecule has 3 heteroatoms. The summed E-state index contributed by atoms with van der Waals surface area (Å²) in [5.74, 6) is 0.291. The van der Waals surface area contributed by atoms with Crippen molar-refractivity contribution < 1.29 is 5.11 Å². The first kappa shape index (κ1) is 9.99. The molecule has 0 fully saturated rings. The van der Waals surface area contributed by atoms with Gasteiger partial charge in [-0.2, -0.15) is 0 Å². The Kier molecular flexibility index (Phi) is 3.25. The van der Waals surface area contributed by atoms with Crippen LogP contribution in [0.15, 0.2) is 24.3 Å². The Balaban J connectivity index is 2.65. The van der Waals surface area contributed by atoms with Gasteiger partial charge < -0.3 is 10.0 Å². The number of hydrogen-bond acceptors (Lipinski definition) is 2. The minimum atomic E-state index is 0.291. The minimum Gasteiger partial charge on any atom is -0.508 e. The van der Waals surface area contributed by atoms with E-state index in [1.165, 1.54) is 0 Å². The average molecular weight is 195 g/mol. The fraction of sp³-hybridized carbons (Fsp3) is 0.300. The lowest BCUT2D eigenvalue weighted by atomic mass is 10.1. The van der Waals surface area contributed by atoms with Crippen molar-refractivity contribution in [3.8, 4) is 5.75 Å². The molecule has 0 aliphatic heterocycles. The molecule has 0 aromatic heterocycles. The van der Waals surface area contributed by atoms with Crippen LogP contribution in [0.3, 0.4) is 0 Å². The van der Waals surface area contributed by atoms with Crippen molar-refractivity contribution >= 4 is 17.2 Å². The van der Waals surface area contributed by atoms with Crippen molar-refractivity contribution in [2.24, 2.45) is 0 Å². The molecule has 0 aliphatic rings. The number of phenolic OH excluding ortho intramolecular Hbond substituents is 1. The zero-order chi connectivity index (χ0) is 9.84. The fourth-order valence-electron chi connectivity index (χ4n) is 0.947. The smallest absolute Gasteiger partial charge is 0.115 e. The van der Waals surface area contributed by atoms with E-state index < -0.39 is 0 Å². The van der Waals surface area contributed by atoms with Crippen molar-refractivity contribution in [2.45, 2.75) is 6.42 Å². The second-order valence-electron chi connectivity index (χ2n) is 3.13. The van der Waals surface area contributed by atoms with E-state index in [9.17, 15) is 0 Å². The molecule has 1 N–H and O–H groups in total. The van der Waals surface area contributed by atoms with Gasteiger partial charge in [0.15, 0.2) is 0 Å². The molecule has 0 spiro atoms. The molecule has 2 nitrogen and oxygen atoms in total. The second kappa shape index (κ2) is 4.23. The zero-order valence-electron chi connectivity index (χ0n) is 7.82. The first-order chi connectivity index (χ1) is 6.09. The molecular weight excluding hydrogens is 182 g/mol. The maximum atomic E-state index is 9.06. The highest BCUT2D eigenvalue weighted by atomic mass is 32.1. The van der Waals surface area contributed by atoms with E-state index in [4.69, 9.17) is 17.3 Å². The van der Waals surface area contributed by atoms with Gasteiger partial charge in [0.1, 0.15) is 5.75 Å². The van der Waals surface area contributed by atoms with Crippen molar-refractivity contribution in [3.63, 3.8) is 0 Å². The van der Waals surface area contributed by atoms with Crippen LogP contribution in [0.4, 0.5) is 0 Å². The number of likely N-dealkylation sites (N-methyl/N-ethyl adjacent to an activating group) is 1. The van der Waals surface area contributed by atoms with Gasteiger partial charge in [-0.05, 0) is 17.7 Å². The molecule has 1 rings (SSSR count). The second-order valence-corrected chi connectivity index (χ2v) is 3.60. The zero-order valence-corrected chi connectivity index (χ0v) is 8.64. The molecule has 70 valence electrons. The van der Waals surface area contributed by atoms with Gasteiger partial charge in [-0.1, -0.05) is 24.4 Å².